The van der Waals surface area contributed by atoms with Gasteiger partial charge in [0.15, 0.2) is 20.7 Å². The first-order chi connectivity index (χ1) is 20.0. The van der Waals surface area contributed by atoms with Gasteiger partial charge in [-0.2, -0.15) is 8.78 Å². The second-order valence-electron chi connectivity index (χ2n) is 8.96. The molecule has 4 aromatic rings. The van der Waals surface area contributed by atoms with Crippen LogP contribution in [0.4, 0.5) is 19.6 Å². The fourth-order valence-electron chi connectivity index (χ4n) is 3.81. The highest BCUT2D eigenvalue weighted by atomic mass is 79.9. The lowest BCUT2D eigenvalue weighted by Gasteiger charge is -2.24. The summed E-state index contributed by atoms with van der Waals surface area (Å²) in [4.78, 5) is 36.1. The van der Waals surface area contributed by atoms with Crippen molar-refractivity contribution >= 4 is 84.7 Å². The fourth-order valence-corrected chi connectivity index (χ4v) is 7.44. The molecule has 0 atom stereocenters. The molecule has 3 aromatic carbocycles. The molecule has 228 valence electrons. The molecule has 0 spiro atoms. The third-order valence-electron chi connectivity index (χ3n) is 6.05. The highest BCUT2D eigenvalue weighted by molar-refractivity contribution is 9.10. The highest BCUT2D eigenvalue weighted by Gasteiger charge is 2.51. The maximum absolute atomic E-state index is 14.4. The molecule has 0 amide bonds. The molecule has 0 unspecified atom stereocenters. The number of hydrogen-bond acceptors (Lipinski definition) is 8. The van der Waals surface area contributed by atoms with Gasteiger partial charge in [0.2, 0.25) is 0 Å². The number of carbonyl (C=O) groups excluding carboxylic acids is 1. The Labute approximate surface area is 267 Å². The molecule has 0 saturated heterocycles. The Morgan fingerprint density at radius 2 is 1.77 bits per heavy atom. The van der Waals surface area contributed by atoms with Crippen molar-refractivity contribution in [1.29, 1.82) is 0 Å². The predicted octanol–water partition coefficient (Wildman–Crippen LogP) is 7.39. The summed E-state index contributed by atoms with van der Waals surface area (Å²) in [5.41, 5.74) is -3.13. The van der Waals surface area contributed by atoms with Gasteiger partial charge in [-0.1, -0.05) is 63.4 Å². The van der Waals surface area contributed by atoms with Crippen LogP contribution in [0, 0.1) is 0 Å². The van der Waals surface area contributed by atoms with Gasteiger partial charge < -0.3 is 19.4 Å². The molecular weight excluding hydrogens is 736 g/mol. The van der Waals surface area contributed by atoms with Crippen LogP contribution in [0.1, 0.15) is 11.1 Å². The Morgan fingerprint density at radius 3 is 2.35 bits per heavy atom. The Bertz CT molecular complexity index is 1840. The minimum atomic E-state index is -5.78. The number of alkyl halides is 2. The Hall–Kier alpha value is -2.42. The third-order valence-corrected chi connectivity index (χ3v) is 10.9. The summed E-state index contributed by atoms with van der Waals surface area (Å²) < 4.78 is 69.2. The number of esters is 1. The predicted molar refractivity (Wildman–Crippen MR) is 164 cm³/mol. The van der Waals surface area contributed by atoms with Crippen LogP contribution in [0.5, 0.6) is 0 Å². The molecule has 0 radical (unpaired) electrons. The normalized spacial score (nSPS) is 12.3. The summed E-state index contributed by atoms with van der Waals surface area (Å²) in [6.45, 7) is 0.0794. The lowest BCUT2D eigenvalue weighted by Crippen LogP contribution is -2.18. The minimum Gasteiger partial charge on any atom is -0.468 e. The zero-order valence-electron chi connectivity index (χ0n) is 21.7. The molecule has 0 aliphatic carbocycles. The van der Waals surface area contributed by atoms with Crippen molar-refractivity contribution in [2.24, 2.45) is 0 Å². The standard InChI is InChI=1S/C26H20BrCl2F2N2O7PS2/c1-40-24(34)14-43(38,39)18-6-3-16(4-7-18)23-13-42-25(32-23)33(17-5-9-21(28)22(29)11-17)12-15-2-8-19(20(27)10-15)26(30,31)41(35,36)37/h2-11,13H,12,14H2,1H3,(H2,35,36,37). The van der Waals surface area contributed by atoms with Crippen molar-refractivity contribution in [3.05, 3.63) is 91.7 Å². The number of ether oxygens (including phenoxy) is 1. The molecule has 1 heterocycles. The fraction of sp³-hybridized carbons (Fsp3) is 0.154. The van der Waals surface area contributed by atoms with E-state index in [0.29, 0.717) is 32.7 Å². The molecule has 0 fully saturated rings. The van der Waals surface area contributed by atoms with Crippen molar-refractivity contribution in [3.8, 4) is 11.3 Å². The number of benzene rings is 3. The molecule has 0 bridgehead atoms. The van der Waals surface area contributed by atoms with Gasteiger partial charge in [0, 0.05) is 26.7 Å². The Kier molecular flexibility index (Phi) is 10.0. The summed E-state index contributed by atoms with van der Waals surface area (Å²) in [6, 6.07) is 14.2. The first-order valence-corrected chi connectivity index (χ1v) is 17.5. The van der Waals surface area contributed by atoms with Crippen LogP contribution in [0.25, 0.3) is 11.3 Å². The van der Waals surface area contributed by atoms with E-state index in [1.165, 1.54) is 35.6 Å². The first kappa shape index (κ1) is 33.5. The van der Waals surface area contributed by atoms with Crippen LogP contribution in [-0.4, -0.2) is 42.0 Å². The number of anilines is 2. The van der Waals surface area contributed by atoms with Crippen molar-refractivity contribution in [1.82, 2.24) is 4.98 Å². The smallest absolute Gasteiger partial charge is 0.399 e. The van der Waals surface area contributed by atoms with Crippen molar-refractivity contribution in [3.63, 3.8) is 0 Å². The number of hydrogen-bond donors (Lipinski definition) is 2. The monoisotopic (exact) mass is 754 g/mol. The molecule has 0 aliphatic heterocycles. The van der Waals surface area contributed by atoms with Gasteiger partial charge in [-0.25, -0.2) is 13.4 Å². The van der Waals surface area contributed by atoms with E-state index in [1.54, 1.807) is 40.6 Å². The lowest BCUT2D eigenvalue weighted by atomic mass is 10.1. The quantitative estimate of drug-likeness (QED) is 0.126. The molecular formula is C26H20BrCl2F2N2O7PS2. The van der Waals surface area contributed by atoms with Gasteiger partial charge >= 0.3 is 19.2 Å². The van der Waals surface area contributed by atoms with Gasteiger partial charge in [-0.15, -0.1) is 11.3 Å². The molecule has 2 N–H and O–H groups in total. The van der Waals surface area contributed by atoms with E-state index in [9.17, 15) is 26.6 Å². The van der Waals surface area contributed by atoms with Crippen LogP contribution >= 0.6 is 58.1 Å². The molecule has 0 saturated carbocycles. The number of methoxy groups -OCH3 is 1. The van der Waals surface area contributed by atoms with Crippen molar-refractivity contribution < 1.29 is 41.1 Å². The van der Waals surface area contributed by atoms with E-state index < -0.39 is 40.4 Å². The second-order valence-corrected chi connectivity index (χ2v) is 15.1. The summed E-state index contributed by atoms with van der Waals surface area (Å²) in [7, 11) is -8.58. The van der Waals surface area contributed by atoms with Crippen molar-refractivity contribution in [2.45, 2.75) is 17.1 Å². The van der Waals surface area contributed by atoms with Crippen LogP contribution in [0.2, 0.25) is 10.0 Å². The van der Waals surface area contributed by atoms with Gasteiger partial charge in [0.25, 0.3) is 0 Å². The lowest BCUT2D eigenvalue weighted by molar-refractivity contribution is -0.137. The second kappa shape index (κ2) is 12.9. The van der Waals surface area contributed by atoms with Crippen LogP contribution in [-0.2, 0) is 36.1 Å². The van der Waals surface area contributed by atoms with Gasteiger partial charge in [-0.3, -0.25) is 9.36 Å². The summed E-state index contributed by atoms with van der Waals surface area (Å²) in [5.74, 6) is -1.68. The summed E-state index contributed by atoms with van der Waals surface area (Å²) in [6.07, 6.45) is 0. The average Bonchev–Trinajstić information content (AvgIpc) is 3.42. The maximum atomic E-state index is 14.4. The number of nitrogens with zero attached hydrogens (tertiary/aromatic N) is 2. The number of rotatable bonds is 10. The van der Waals surface area contributed by atoms with Crippen LogP contribution in [0.15, 0.2) is 75.4 Å². The third kappa shape index (κ3) is 7.46. The Morgan fingerprint density at radius 1 is 1.09 bits per heavy atom. The van der Waals surface area contributed by atoms with Crippen molar-refractivity contribution in [2.75, 3.05) is 17.8 Å². The van der Waals surface area contributed by atoms with E-state index >= 15 is 0 Å². The summed E-state index contributed by atoms with van der Waals surface area (Å²) in [5, 5.41) is 2.75. The number of sulfone groups is 1. The maximum Gasteiger partial charge on any atom is 0.399 e. The molecule has 17 heteroatoms. The van der Waals surface area contributed by atoms with Crippen LogP contribution in [0.3, 0.4) is 0 Å². The van der Waals surface area contributed by atoms with E-state index in [-0.39, 0.29) is 20.9 Å². The van der Waals surface area contributed by atoms with Gasteiger partial charge in [-0.05, 0) is 42.0 Å². The van der Waals surface area contributed by atoms with E-state index in [0.717, 1.165) is 13.2 Å². The first-order valence-electron chi connectivity index (χ1n) is 11.8. The largest absolute Gasteiger partial charge is 0.468 e. The molecule has 1 aromatic heterocycles. The SMILES string of the molecule is COC(=O)CS(=O)(=O)c1ccc(-c2csc(N(Cc3ccc(C(F)(F)P(=O)(O)O)c(Br)c3)c3ccc(Cl)c(Cl)c3)n2)cc1. The summed E-state index contributed by atoms with van der Waals surface area (Å²) >= 11 is 16.6. The topological polar surface area (TPSA) is 134 Å². The van der Waals surface area contributed by atoms with E-state index in [2.05, 4.69) is 25.7 Å². The molecule has 43 heavy (non-hydrogen) atoms. The molecule has 0 aliphatic rings. The zero-order chi connectivity index (χ0) is 31.7. The van der Waals surface area contributed by atoms with E-state index in [1.807, 2.05) is 0 Å². The Balaban J connectivity index is 1.68. The number of halogens is 5. The zero-order valence-corrected chi connectivity index (χ0v) is 27.4. The molecule has 4 rings (SSSR count). The minimum absolute atomic E-state index is 0.0621. The van der Waals surface area contributed by atoms with E-state index in [4.69, 9.17) is 33.0 Å². The van der Waals surface area contributed by atoms with Gasteiger partial charge in [0.05, 0.1) is 34.3 Å². The average molecular weight is 756 g/mol. The number of carbonyl (C=O) groups is 1. The molecule has 9 nitrogen and oxygen atoms in total. The van der Waals surface area contributed by atoms with Crippen LogP contribution < -0.4 is 4.90 Å². The number of thiazole rings is 1. The highest BCUT2D eigenvalue weighted by Crippen LogP contribution is 2.60. The van der Waals surface area contributed by atoms with Gasteiger partial charge in [0.1, 0.15) is 0 Å². The number of aromatic nitrogens is 1.